The highest BCUT2D eigenvalue weighted by molar-refractivity contribution is 6.37. The number of aldehydes is 1. The molecule has 2 aromatic carbocycles. The van der Waals surface area contributed by atoms with Gasteiger partial charge in [0, 0.05) is 38.6 Å². The molecule has 0 atom stereocenters. The highest BCUT2D eigenvalue weighted by Gasteiger charge is 2.33. The van der Waals surface area contributed by atoms with Gasteiger partial charge < -0.3 is 14.2 Å². The maximum Gasteiger partial charge on any atom is 0.155 e. The number of hydrogen-bond donors (Lipinski definition) is 1. The van der Waals surface area contributed by atoms with E-state index in [0.717, 1.165) is 48.9 Å². The van der Waals surface area contributed by atoms with Crippen LogP contribution in [0.25, 0.3) is 22.5 Å². The molecule has 0 bridgehead atoms. The lowest BCUT2D eigenvalue weighted by molar-refractivity contribution is 0.112. The zero-order valence-corrected chi connectivity index (χ0v) is 21.8. The van der Waals surface area contributed by atoms with Crippen molar-refractivity contribution < 1.29 is 18.9 Å². The largest absolute Gasteiger partial charge is 0.391 e. The van der Waals surface area contributed by atoms with Crippen molar-refractivity contribution >= 4 is 52.7 Å². The summed E-state index contributed by atoms with van der Waals surface area (Å²) in [6.07, 6.45) is 5.06. The molecule has 0 amide bonds. The molecule has 0 radical (unpaired) electrons. The maximum absolute atomic E-state index is 11.2. The summed E-state index contributed by atoms with van der Waals surface area (Å²) < 4.78 is 10.6. The van der Waals surface area contributed by atoms with Crippen LogP contribution in [0.4, 0.5) is 0 Å². The Kier molecular flexibility index (Phi) is 8.66. The summed E-state index contributed by atoms with van der Waals surface area (Å²) >= 11 is 24.0. The molecule has 2 saturated carbocycles. The van der Waals surface area contributed by atoms with E-state index in [0.29, 0.717) is 60.2 Å². The van der Waals surface area contributed by atoms with Crippen molar-refractivity contribution in [2.24, 2.45) is 0 Å². The fourth-order valence-electron chi connectivity index (χ4n) is 3.97. The van der Waals surface area contributed by atoms with Gasteiger partial charge in [-0.2, -0.15) is 0 Å². The Balaban J connectivity index is 0.000000168. The molecule has 6 nitrogen and oxygen atoms in total. The smallest absolute Gasteiger partial charge is 0.155 e. The predicted octanol–water partition coefficient (Wildman–Crippen LogP) is 8.99. The lowest BCUT2D eigenvalue weighted by Crippen LogP contribution is -1.91. The van der Waals surface area contributed by atoms with Gasteiger partial charge in [-0.25, -0.2) is 0 Å². The van der Waals surface area contributed by atoms with Crippen LogP contribution in [0.2, 0.25) is 20.1 Å². The molecule has 194 valence electrons. The van der Waals surface area contributed by atoms with Gasteiger partial charge in [0.2, 0.25) is 0 Å². The number of benzene rings is 2. The second kappa shape index (κ2) is 11.6. The van der Waals surface area contributed by atoms with Crippen LogP contribution in [0.1, 0.15) is 72.4 Å². The molecule has 10 heteroatoms. The first-order chi connectivity index (χ1) is 17.4. The average molecular weight is 582 g/mol. The minimum absolute atomic E-state index is 0. The molecule has 2 aliphatic carbocycles. The number of carbonyl (C=O) groups is 1. The zero-order valence-electron chi connectivity index (χ0n) is 18.8. The quantitative estimate of drug-likeness (QED) is 0.228. The Morgan fingerprint density at radius 1 is 0.811 bits per heavy atom. The number of halogens is 4. The molecule has 0 saturated heterocycles. The van der Waals surface area contributed by atoms with Gasteiger partial charge in [-0.1, -0.05) is 64.1 Å². The Labute approximate surface area is 234 Å². The molecular formula is C27H24Cl4N2O4. The number of rotatable bonds is 6. The molecule has 0 unspecified atom stereocenters. The highest BCUT2D eigenvalue weighted by Crippen LogP contribution is 2.45. The summed E-state index contributed by atoms with van der Waals surface area (Å²) in [7, 11) is 0. The van der Waals surface area contributed by atoms with Gasteiger partial charge in [-0.3, -0.25) is 4.79 Å². The van der Waals surface area contributed by atoms with Gasteiger partial charge in [0.05, 0.1) is 22.2 Å². The summed E-state index contributed by atoms with van der Waals surface area (Å²) in [5.74, 6) is 2.20. The number of hydrogen-bond acceptors (Lipinski definition) is 6. The summed E-state index contributed by atoms with van der Waals surface area (Å²) in [4.78, 5) is 11.2. The van der Waals surface area contributed by atoms with E-state index in [4.69, 9.17) is 55.4 Å². The van der Waals surface area contributed by atoms with Crippen LogP contribution in [0.5, 0.6) is 0 Å². The molecule has 2 aliphatic rings. The molecule has 2 heterocycles. The number of nitrogens with zero attached hydrogens (tertiary/aromatic N) is 2. The number of aromatic nitrogens is 2. The first-order valence-electron chi connectivity index (χ1n) is 11.4. The van der Waals surface area contributed by atoms with E-state index in [1.54, 1.807) is 36.4 Å². The molecule has 4 aromatic rings. The lowest BCUT2D eigenvalue weighted by atomic mass is 10.0. The van der Waals surface area contributed by atoms with Gasteiger partial charge in [-0.15, -0.1) is 0 Å². The molecule has 0 spiro atoms. The van der Waals surface area contributed by atoms with E-state index in [9.17, 15) is 9.90 Å². The lowest BCUT2D eigenvalue weighted by Gasteiger charge is -2.03. The van der Waals surface area contributed by atoms with Crippen molar-refractivity contribution in [2.45, 2.75) is 51.6 Å². The van der Waals surface area contributed by atoms with Crippen LogP contribution < -0.4 is 0 Å². The summed E-state index contributed by atoms with van der Waals surface area (Å²) in [5, 5.41) is 19.6. The van der Waals surface area contributed by atoms with Gasteiger partial charge in [0.15, 0.2) is 12.0 Å². The van der Waals surface area contributed by atoms with Crippen molar-refractivity contribution in [3.63, 3.8) is 0 Å². The second-order valence-electron chi connectivity index (χ2n) is 8.76. The normalized spacial score (nSPS) is 14.5. The third-order valence-electron chi connectivity index (χ3n) is 6.12. The minimum atomic E-state index is -0.0936. The van der Waals surface area contributed by atoms with Crippen LogP contribution in [-0.2, 0) is 6.61 Å². The zero-order chi connectivity index (χ0) is 25.4. The van der Waals surface area contributed by atoms with Crippen LogP contribution in [-0.4, -0.2) is 21.7 Å². The van der Waals surface area contributed by atoms with E-state index in [1.165, 1.54) is 0 Å². The SMILES string of the molecule is C.O=Cc1c(-c2ccc(Cl)cc2Cl)noc1C1CC1.OCc1c(-c2ccc(Cl)cc2Cl)noc1C1CC1. The fourth-order valence-corrected chi connectivity index (χ4v) is 4.97. The Morgan fingerprint density at radius 2 is 1.30 bits per heavy atom. The molecule has 2 fully saturated rings. The van der Waals surface area contributed by atoms with E-state index >= 15 is 0 Å². The third-order valence-corrected chi connectivity index (χ3v) is 7.21. The van der Waals surface area contributed by atoms with Crippen molar-refractivity contribution in [2.75, 3.05) is 0 Å². The Bertz CT molecular complexity index is 1420. The minimum Gasteiger partial charge on any atom is -0.391 e. The fraction of sp³-hybridized carbons (Fsp3) is 0.296. The molecule has 6 rings (SSSR count). The van der Waals surface area contributed by atoms with Crippen molar-refractivity contribution in [1.82, 2.24) is 10.3 Å². The number of aliphatic hydroxyl groups excluding tert-OH is 1. The third kappa shape index (κ3) is 5.89. The van der Waals surface area contributed by atoms with E-state index in [2.05, 4.69) is 10.3 Å². The van der Waals surface area contributed by atoms with E-state index < -0.39 is 0 Å². The topological polar surface area (TPSA) is 89.4 Å². The van der Waals surface area contributed by atoms with Crippen molar-refractivity contribution in [3.05, 3.63) is 79.1 Å². The molecule has 1 N–H and O–H groups in total. The predicted molar refractivity (Wildman–Crippen MR) is 146 cm³/mol. The first kappa shape index (κ1) is 27.7. The second-order valence-corrected chi connectivity index (χ2v) is 10.4. The van der Waals surface area contributed by atoms with Crippen LogP contribution in [0.15, 0.2) is 45.4 Å². The van der Waals surface area contributed by atoms with Gasteiger partial charge in [-0.05, 0) is 62.1 Å². The molecule has 2 aromatic heterocycles. The van der Waals surface area contributed by atoms with Crippen LogP contribution in [0.3, 0.4) is 0 Å². The molecular weight excluding hydrogens is 558 g/mol. The first-order valence-corrected chi connectivity index (χ1v) is 12.9. The summed E-state index contributed by atoms with van der Waals surface area (Å²) in [6, 6.07) is 10.3. The van der Waals surface area contributed by atoms with Crippen molar-refractivity contribution in [3.8, 4) is 22.5 Å². The summed E-state index contributed by atoms with van der Waals surface area (Å²) in [5.41, 5.74) is 3.75. The average Bonchev–Trinajstić information content (AvgIpc) is 3.79. The number of aliphatic hydroxyl groups is 1. The van der Waals surface area contributed by atoms with E-state index in [1.807, 2.05) is 0 Å². The van der Waals surface area contributed by atoms with E-state index in [-0.39, 0.29) is 14.0 Å². The van der Waals surface area contributed by atoms with Gasteiger partial charge >= 0.3 is 0 Å². The van der Waals surface area contributed by atoms with Gasteiger partial charge in [0.25, 0.3) is 0 Å². The molecule has 37 heavy (non-hydrogen) atoms. The number of carbonyl (C=O) groups excluding carboxylic acids is 1. The summed E-state index contributed by atoms with van der Waals surface area (Å²) in [6.45, 7) is -0.0936. The van der Waals surface area contributed by atoms with Crippen LogP contribution in [0, 0.1) is 0 Å². The van der Waals surface area contributed by atoms with Gasteiger partial charge in [0.1, 0.15) is 17.1 Å². The van der Waals surface area contributed by atoms with Crippen LogP contribution >= 0.6 is 46.4 Å². The Morgan fingerprint density at radius 3 is 1.78 bits per heavy atom. The van der Waals surface area contributed by atoms with Crippen molar-refractivity contribution in [1.29, 1.82) is 0 Å². The monoisotopic (exact) mass is 580 g/mol. The standard InChI is InChI=1S/C13H11Cl2NO2.C13H9Cl2NO2.CH4/c2*14-8-3-4-9(11(15)5-8)12-10(6-17)13(18-16-12)7-1-2-7;/h3-5,7,17H,1-2,6H2;3-7H,1-2H2;1H4. The highest BCUT2D eigenvalue weighted by atomic mass is 35.5. The Hall–Kier alpha value is -2.35. The maximum atomic E-state index is 11.2. The molecule has 0 aliphatic heterocycles.